The molecule has 0 saturated carbocycles. The summed E-state index contributed by atoms with van der Waals surface area (Å²) in [4.78, 5) is 2.14. The number of aliphatic hydroxyl groups is 1. The van der Waals surface area contributed by atoms with Crippen molar-refractivity contribution in [1.29, 1.82) is 0 Å². The number of sulfonamides is 1. The molecule has 1 aromatic rings. The monoisotopic (exact) mass is 288 g/mol. The van der Waals surface area contributed by atoms with Gasteiger partial charge in [0.2, 0.25) is 0 Å². The van der Waals surface area contributed by atoms with Crippen LogP contribution in [0.2, 0.25) is 0 Å². The molecule has 2 rings (SSSR count). The molecule has 8 heteroatoms. The maximum absolute atomic E-state index is 12.2. The lowest BCUT2D eigenvalue weighted by Crippen LogP contribution is -2.38. The SMILES string of the molecule is Cc1[nH]nc(S(=O)(=O)NCC2CCCN2C)c1CO. The summed E-state index contributed by atoms with van der Waals surface area (Å²) in [5, 5.41) is 15.5. The molecule has 1 fully saturated rings. The van der Waals surface area contributed by atoms with Crippen LogP contribution in [0.15, 0.2) is 5.03 Å². The van der Waals surface area contributed by atoms with Gasteiger partial charge >= 0.3 is 0 Å². The Labute approximate surface area is 113 Å². The van der Waals surface area contributed by atoms with Crippen LogP contribution in [0.1, 0.15) is 24.1 Å². The predicted molar refractivity (Wildman–Crippen MR) is 70.1 cm³/mol. The fraction of sp³-hybridized carbons (Fsp3) is 0.727. The molecule has 1 saturated heterocycles. The highest BCUT2D eigenvalue weighted by atomic mass is 32.2. The topological polar surface area (TPSA) is 98.3 Å². The third-order valence-corrected chi connectivity index (χ3v) is 5.02. The Morgan fingerprint density at radius 2 is 2.32 bits per heavy atom. The number of nitrogens with zero attached hydrogens (tertiary/aromatic N) is 2. The van der Waals surface area contributed by atoms with Crippen LogP contribution in [-0.4, -0.2) is 54.8 Å². The Hall–Kier alpha value is -0.960. The Morgan fingerprint density at radius 3 is 2.89 bits per heavy atom. The average molecular weight is 288 g/mol. The number of hydrogen-bond donors (Lipinski definition) is 3. The summed E-state index contributed by atoms with van der Waals surface area (Å²) in [6.07, 6.45) is 2.08. The van der Waals surface area contributed by atoms with Gasteiger partial charge < -0.3 is 10.0 Å². The van der Waals surface area contributed by atoms with Crippen molar-refractivity contribution < 1.29 is 13.5 Å². The Morgan fingerprint density at radius 1 is 1.58 bits per heavy atom. The van der Waals surface area contributed by atoms with Gasteiger partial charge in [-0.1, -0.05) is 0 Å². The van der Waals surface area contributed by atoms with Crippen molar-refractivity contribution in [2.75, 3.05) is 20.1 Å². The van der Waals surface area contributed by atoms with E-state index in [1.165, 1.54) is 0 Å². The Balaban J connectivity index is 2.09. The number of aliphatic hydroxyl groups excluding tert-OH is 1. The molecular weight excluding hydrogens is 268 g/mol. The highest BCUT2D eigenvalue weighted by molar-refractivity contribution is 7.89. The van der Waals surface area contributed by atoms with Crippen molar-refractivity contribution in [3.05, 3.63) is 11.3 Å². The molecule has 0 amide bonds. The molecule has 1 aromatic heterocycles. The van der Waals surface area contributed by atoms with E-state index in [4.69, 9.17) is 0 Å². The third kappa shape index (κ3) is 2.97. The van der Waals surface area contributed by atoms with Crippen LogP contribution in [0.5, 0.6) is 0 Å². The number of aryl methyl sites for hydroxylation is 1. The van der Waals surface area contributed by atoms with Gasteiger partial charge in [-0.05, 0) is 33.4 Å². The van der Waals surface area contributed by atoms with Crippen molar-refractivity contribution in [2.45, 2.75) is 37.4 Å². The van der Waals surface area contributed by atoms with Gasteiger partial charge in [-0.3, -0.25) is 5.10 Å². The molecule has 3 N–H and O–H groups in total. The summed E-state index contributed by atoms with van der Waals surface area (Å²) in [6, 6.07) is 0.229. The van der Waals surface area contributed by atoms with Crippen molar-refractivity contribution in [3.8, 4) is 0 Å². The lowest BCUT2D eigenvalue weighted by molar-refractivity contribution is 0.277. The highest BCUT2D eigenvalue weighted by Gasteiger charge is 2.27. The molecule has 2 heterocycles. The number of hydrogen-bond acceptors (Lipinski definition) is 5. The second kappa shape index (κ2) is 5.58. The summed E-state index contributed by atoms with van der Waals surface area (Å²) >= 11 is 0. The zero-order chi connectivity index (χ0) is 14.0. The van der Waals surface area contributed by atoms with Crippen molar-refractivity contribution in [1.82, 2.24) is 19.8 Å². The molecule has 7 nitrogen and oxygen atoms in total. The molecule has 19 heavy (non-hydrogen) atoms. The largest absolute Gasteiger partial charge is 0.392 e. The first-order valence-corrected chi connectivity index (χ1v) is 7.78. The van der Waals surface area contributed by atoms with Crippen molar-refractivity contribution in [3.63, 3.8) is 0 Å². The van der Waals surface area contributed by atoms with Gasteiger partial charge in [-0.2, -0.15) is 5.10 Å². The molecule has 0 aliphatic carbocycles. The van der Waals surface area contributed by atoms with Crippen molar-refractivity contribution >= 4 is 10.0 Å². The number of aromatic amines is 1. The van der Waals surface area contributed by atoms with Gasteiger partial charge in [0, 0.05) is 23.8 Å². The van der Waals surface area contributed by atoms with Crippen LogP contribution in [0.25, 0.3) is 0 Å². The van der Waals surface area contributed by atoms with Gasteiger partial charge in [-0.25, -0.2) is 13.1 Å². The lowest BCUT2D eigenvalue weighted by atomic mass is 10.2. The summed E-state index contributed by atoms with van der Waals surface area (Å²) in [7, 11) is -1.68. The van der Waals surface area contributed by atoms with Crippen LogP contribution in [0.4, 0.5) is 0 Å². The molecule has 1 atom stereocenters. The molecule has 0 spiro atoms. The first-order chi connectivity index (χ1) is 8.95. The molecule has 0 aromatic carbocycles. The highest BCUT2D eigenvalue weighted by Crippen LogP contribution is 2.17. The van der Waals surface area contributed by atoms with E-state index in [1.807, 2.05) is 7.05 Å². The van der Waals surface area contributed by atoms with E-state index in [0.29, 0.717) is 17.8 Å². The maximum atomic E-state index is 12.2. The number of rotatable bonds is 5. The van der Waals surface area contributed by atoms with Crippen molar-refractivity contribution in [2.24, 2.45) is 0 Å². The number of nitrogens with one attached hydrogen (secondary N) is 2. The molecule has 1 aliphatic heterocycles. The van der Waals surface area contributed by atoms with E-state index < -0.39 is 10.0 Å². The number of likely N-dealkylation sites (N-methyl/N-ethyl adjacent to an activating group) is 1. The Kier molecular flexibility index (Phi) is 4.24. The van der Waals surface area contributed by atoms with E-state index in [9.17, 15) is 13.5 Å². The minimum Gasteiger partial charge on any atom is -0.392 e. The van der Waals surface area contributed by atoms with Gasteiger partial charge in [-0.15, -0.1) is 0 Å². The van der Waals surface area contributed by atoms with E-state index in [1.54, 1.807) is 6.92 Å². The van der Waals surface area contributed by atoms with Gasteiger partial charge in [0.25, 0.3) is 10.0 Å². The minimum atomic E-state index is -3.67. The minimum absolute atomic E-state index is 0.104. The fourth-order valence-electron chi connectivity index (χ4n) is 2.35. The smallest absolute Gasteiger partial charge is 0.260 e. The number of H-pyrrole nitrogens is 1. The second-order valence-corrected chi connectivity index (χ2v) is 6.60. The molecule has 1 aliphatic rings. The summed E-state index contributed by atoms with van der Waals surface area (Å²) in [5.74, 6) is 0. The molecule has 0 bridgehead atoms. The third-order valence-electron chi connectivity index (χ3n) is 3.63. The molecule has 108 valence electrons. The van der Waals surface area contributed by atoms with Crippen LogP contribution < -0.4 is 4.72 Å². The van der Waals surface area contributed by atoms with Crippen LogP contribution in [-0.2, 0) is 16.6 Å². The zero-order valence-electron chi connectivity index (χ0n) is 11.2. The average Bonchev–Trinajstić information content (AvgIpc) is 2.93. The number of aromatic nitrogens is 2. The van der Waals surface area contributed by atoms with Gasteiger partial charge in [0.05, 0.1) is 6.61 Å². The van der Waals surface area contributed by atoms with E-state index >= 15 is 0 Å². The van der Waals surface area contributed by atoms with E-state index in [0.717, 1.165) is 19.4 Å². The van der Waals surface area contributed by atoms with E-state index in [-0.39, 0.29) is 17.7 Å². The summed E-state index contributed by atoms with van der Waals surface area (Å²) in [6.45, 7) is 2.70. The molecular formula is C11H20N4O3S. The van der Waals surface area contributed by atoms with Crippen LogP contribution in [0.3, 0.4) is 0 Å². The van der Waals surface area contributed by atoms with Crippen LogP contribution in [0, 0.1) is 6.92 Å². The maximum Gasteiger partial charge on any atom is 0.260 e. The molecule has 0 radical (unpaired) electrons. The first kappa shape index (κ1) is 14.4. The normalized spacial score (nSPS) is 21.1. The predicted octanol–water partition coefficient (Wildman–Crippen LogP) is -0.417. The first-order valence-electron chi connectivity index (χ1n) is 6.30. The second-order valence-electron chi connectivity index (χ2n) is 4.92. The van der Waals surface area contributed by atoms with Crippen LogP contribution >= 0.6 is 0 Å². The summed E-state index contributed by atoms with van der Waals surface area (Å²) < 4.78 is 26.9. The van der Waals surface area contributed by atoms with Gasteiger partial charge in [0.15, 0.2) is 5.03 Å². The zero-order valence-corrected chi connectivity index (χ0v) is 12.0. The summed E-state index contributed by atoms with van der Waals surface area (Å²) in [5.41, 5.74) is 0.896. The van der Waals surface area contributed by atoms with Gasteiger partial charge in [0.1, 0.15) is 0 Å². The fourth-order valence-corrected chi connectivity index (χ4v) is 3.61. The number of likely N-dealkylation sites (tertiary alicyclic amines) is 1. The molecule has 1 unspecified atom stereocenters. The Bertz CT molecular complexity index is 540. The van der Waals surface area contributed by atoms with E-state index in [2.05, 4.69) is 19.8 Å². The lowest BCUT2D eigenvalue weighted by Gasteiger charge is -2.19. The quantitative estimate of drug-likeness (QED) is 0.684. The standard InChI is InChI=1S/C11H20N4O3S/c1-8-10(7-16)11(14-13-8)19(17,18)12-6-9-4-3-5-15(9)2/h9,12,16H,3-7H2,1-2H3,(H,13,14).